The van der Waals surface area contributed by atoms with E-state index in [1.54, 1.807) is 0 Å². The molecule has 4 aromatic rings. The lowest BCUT2D eigenvalue weighted by Gasteiger charge is -2.32. The van der Waals surface area contributed by atoms with Crippen molar-refractivity contribution in [2.75, 3.05) is 22.9 Å². The van der Waals surface area contributed by atoms with E-state index in [4.69, 9.17) is 4.74 Å². The van der Waals surface area contributed by atoms with E-state index in [-0.39, 0.29) is 12.3 Å². The molecular formula is C32H35IN4O3. The molecule has 40 heavy (non-hydrogen) atoms. The van der Waals surface area contributed by atoms with Crippen LogP contribution in [0, 0.1) is 3.70 Å². The van der Waals surface area contributed by atoms with Gasteiger partial charge in [-0.15, -0.1) is 0 Å². The molecule has 0 bridgehead atoms. The smallest absolute Gasteiger partial charge is 0.435 e. The molecule has 2 heterocycles. The van der Waals surface area contributed by atoms with Crippen LogP contribution in [0.4, 0.5) is 16.2 Å². The van der Waals surface area contributed by atoms with E-state index in [0.717, 1.165) is 35.3 Å². The van der Waals surface area contributed by atoms with Crippen molar-refractivity contribution in [3.63, 3.8) is 0 Å². The Labute approximate surface area is 249 Å². The molecule has 8 heteroatoms. The van der Waals surface area contributed by atoms with E-state index in [1.165, 1.54) is 29.6 Å². The van der Waals surface area contributed by atoms with E-state index in [9.17, 15) is 9.59 Å². The van der Waals surface area contributed by atoms with Crippen LogP contribution in [0.15, 0.2) is 72.8 Å². The minimum atomic E-state index is -0.624. The lowest BCUT2D eigenvalue weighted by molar-refractivity contribution is -0.118. The van der Waals surface area contributed by atoms with Crippen LogP contribution < -0.4 is 9.80 Å². The maximum Gasteiger partial charge on any atom is 0.435 e. The van der Waals surface area contributed by atoms with Gasteiger partial charge in [-0.2, -0.15) is 9.78 Å². The number of anilines is 2. The summed E-state index contributed by atoms with van der Waals surface area (Å²) in [6.45, 7) is 8.07. The lowest BCUT2D eigenvalue weighted by Crippen LogP contribution is -2.34. The fourth-order valence-electron chi connectivity index (χ4n) is 5.14. The second kappa shape index (κ2) is 12.0. The van der Waals surface area contributed by atoms with Gasteiger partial charge < -0.3 is 14.5 Å². The van der Waals surface area contributed by atoms with Crippen LogP contribution in [0.5, 0.6) is 0 Å². The monoisotopic (exact) mass is 650 g/mol. The quantitative estimate of drug-likeness (QED) is 0.207. The number of rotatable bonds is 6. The maximum atomic E-state index is 13.9. The highest BCUT2D eigenvalue weighted by atomic mass is 127. The molecule has 0 aliphatic carbocycles. The molecular weight excluding hydrogens is 615 g/mol. The summed E-state index contributed by atoms with van der Waals surface area (Å²) in [4.78, 5) is 31.0. The second-order valence-electron chi connectivity index (χ2n) is 11.2. The molecule has 1 aromatic heterocycles. The number of aromatic nitrogens is 2. The number of amides is 1. The molecule has 0 unspecified atom stereocenters. The average Bonchev–Trinajstić information content (AvgIpc) is 3.28. The summed E-state index contributed by atoms with van der Waals surface area (Å²) in [5, 5.41) is 5.23. The predicted octanol–water partition coefficient (Wildman–Crippen LogP) is 7.19. The van der Waals surface area contributed by atoms with Gasteiger partial charge in [-0.1, -0.05) is 42.5 Å². The molecule has 1 aliphatic heterocycles. The van der Waals surface area contributed by atoms with Gasteiger partial charge in [0.15, 0.2) is 0 Å². The zero-order valence-electron chi connectivity index (χ0n) is 23.3. The zero-order chi connectivity index (χ0) is 28.3. The van der Waals surface area contributed by atoms with E-state index in [2.05, 4.69) is 56.9 Å². The number of hydrogen-bond donors (Lipinski definition) is 0. The Kier molecular flexibility index (Phi) is 8.44. The van der Waals surface area contributed by atoms with Crippen molar-refractivity contribution in [1.82, 2.24) is 9.78 Å². The van der Waals surface area contributed by atoms with Crippen LogP contribution in [-0.4, -0.2) is 40.5 Å². The Morgan fingerprint density at radius 2 is 1.65 bits per heavy atom. The minimum Gasteiger partial charge on any atom is -0.442 e. The van der Waals surface area contributed by atoms with Crippen molar-refractivity contribution in [2.45, 2.75) is 58.6 Å². The van der Waals surface area contributed by atoms with Gasteiger partial charge in [0, 0.05) is 29.9 Å². The van der Waals surface area contributed by atoms with Gasteiger partial charge >= 0.3 is 6.09 Å². The van der Waals surface area contributed by atoms with Gasteiger partial charge in [-0.3, -0.25) is 4.79 Å². The summed E-state index contributed by atoms with van der Waals surface area (Å²) >= 11 is 2.12. The molecule has 0 N–H and O–H groups in total. The summed E-state index contributed by atoms with van der Waals surface area (Å²) in [5.41, 5.74) is 4.12. The van der Waals surface area contributed by atoms with Crippen molar-refractivity contribution in [2.24, 2.45) is 0 Å². The van der Waals surface area contributed by atoms with Crippen molar-refractivity contribution in [3.05, 3.63) is 87.6 Å². The molecule has 208 valence electrons. The molecule has 0 atom stereocenters. The molecule has 3 aromatic carbocycles. The standard InChI is InChI=1S/C32H35IN4O3/c1-32(2,3)40-31(39)37-28-17-16-23(20-26(28)30(33)34-37)21-29(38)36(25-13-6-4-7-14-25)22-24-12-8-9-15-27(24)35-18-10-5-11-19-35/h4,6-9,12-17,20H,5,10-11,18-19,21-22H2,1-3H3. The van der Waals surface area contributed by atoms with Crippen LogP contribution in [0.25, 0.3) is 10.9 Å². The first-order valence-electron chi connectivity index (χ1n) is 13.8. The Hall–Kier alpha value is -3.40. The second-order valence-corrected chi connectivity index (χ2v) is 12.2. The number of carbonyl (C=O) groups excluding carboxylic acids is 2. The molecule has 1 saturated heterocycles. The zero-order valence-corrected chi connectivity index (χ0v) is 25.4. The molecule has 1 aliphatic rings. The van der Waals surface area contributed by atoms with E-state index in [0.29, 0.717) is 15.8 Å². The number of halogens is 1. The van der Waals surface area contributed by atoms with Crippen LogP contribution >= 0.6 is 22.6 Å². The number of nitrogens with zero attached hydrogens (tertiary/aromatic N) is 4. The highest BCUT2D eigenvalue weighted by Crippen LogP contribution is 2.28. The SMILES string of the molecule is CC(C)(C)OC(=O)n1nc(I)c2cc(CC(=O)N(Cc3ccccc3N3CCCCC3)c3ccccc3)ccc21. The molecule has 7 nitrogen and oxygen atoms in total. The molecule has 0 radical (unpaired) electrons. The first kappa shape index (κ1) is 28.1. The Morgan fingerprint density at radius 1 is 0.950 bits per heavy atom. The summed E-state index contributed by atoms with van der Waals surface area (Å²) in [5.74, 6) is 0.00791. The number of para-hydroxylation sites is 2. The van der Waals surface area contributed by atoms with Gasteiger partial charge in [-0.05, 0) is 104 Å². The third kappa shape index (κ3) is 6.49. The molecule has 1 fully saturated rings. The van der Waals surface area contributed by atoms with Crippen LogP contribution in [0.3, 0.4) is 0 Å². The van der Waals surface area contributed by atoms with Crippen molar-refractivity contribution >= 4 is 56.9 Å². The predicted molar refractivity (Wildman–Crippen MR) is 168 cm³/mol. The Balaban J connectivity index is 1.42. The number of carbonyl (C=O) groups is 2. The van der Waals surface area contributed by atoms with Crippen LogP contribution in [-0.2, 0) is 22.5 Å². The average molecular weight is 651 g/mol. The first-order valence-corrected chi connectivity index (χ1v) is 14.9. The highest BCUT2D eigenvalue weighted by molar-refractivity contribution is 14.1. The van der Waals surface area contributed by atoms with Crippen LogP contribution in [0.1, 0.15) is 51.2 Å². The normalized spacial score (nSPS) is 13.8. The van der Waals surface area contributed by atoms with Crippen molar-refractivity contribution in [3.8, 4) is 0 Å². The fourth-order valence-corrected chi connectivity index (χ4v) is 5.79. The third-order valence-electron chi connectivity index (χ3n) is 7.01. The molecule has 0 spiro atoms. The minimum absolute atomic E-state index is 0.00791. The third-order valence-corrected chi connectivity index (χ3v) is 7.80. The summed E-state index contributed by atoms with van der Waals surface area (Å²) < 4.78 is 7.50. The summed E-state index contributed by atoms with van der Waals surface area (Å²) in [6.07, 6.45) is 3.37. The Morgan fingerprint density at radius 3 is 2.38 bits per heavy atom. The molecule has 0 saturated carbocycles. The summed E-state index contributed by atoms with van der Waals surface area (Å²) in [7, 11) is 0. The summed E-state index contributed by atoms with van der Waals surface area (Å²) in [6, 6.07) is 24.0. The number of benzene rings is 3. The fraction of sp³-hybridized carbons (Fsp3) is 0.344. The van der Waals surface area contributed by atoms with E-state index < -0.39 is 11.7 Å². The molecule has 1 amide bonds. The number of ether oxygens (including phenoxy) is 1. The highest BCUT2D eigenvalue weighted by Gasteiger charge is 2.24. The molecule has 5 rings (SSSR count). The van der Waals surface area contributed by atoms with Gasteiger partial charge in [0.2, 0.25) is 5.91 Å². The number of fused-ring (bicyclic) bond motifs is 1. The number of hydrogen-bond acceptors (Lipinski definition) is 5. The van der Waals surface area contributed by atoms with Gasteiger partial charge in [0.25, 0.3) is 0 Å². The maximum absolute atomic E-state index is 13.9. The van der Waals surface area contributed by atoms with Crippen molar-refractivity contribution in [1.29, 1.82) is 0 Å². The number of piperidine rings is 1. The van der Waals surface area contributed by atoms with E-state index in [1.807, 2.05) is 74.2 Å². The Bertz CT molecular complexity index is 1500. The topological polar surface area (TPSA) is 67.7 Å². The van der Waals surface area contributed by atoms with Crippen molar-refractivity contribution < 1.29 is 14.3 Å². The van der Waals surface area contributed by atoms with Gasteiger partial charge in [0.05, 0.1) is 18.5 Å². The lowest BCUT2D eigenvalue weighted by atomic mass is 10.1. The van der Waals surface area contributed by atoms with Gasteiger partial charge in [-0.25, -0.2) is 4.79 Å². The van der Waals surface area contributed by atoms with Gasteiger partial charge in [0.1, 0.15) is 9.30 Å². The van der Waals surface area contributed by atoms with E-state index >= 15 is 0 Å². The van der Waals surface area contributed by atoms with Crippen LogP contribution in [0.2, 0.25) is 0 Å². The first-order chi connectivity index (χ1) is 19.2. The largest absolute Gasteiger partial charge is 0.442 e.